The van der Waals surface area contributed by atoms with Crippen molar-refractivity contribution < 1.29 is 73.9 Å². The van der Waals surface area contributed by atoms with Crippen molar-refractivity contribution in [2.24, 2.45) is 0 Å². The van der Waals surface area contributed by atoms with Crippen molar-refractivity contribution in [3.63, 3.8) is 0 Å². The molecule has 0 aromatic heterocycles. The summed E-state index contributed by atoms with van der Waals surface area (Å²) in [6.45, 7) is 5.51. The highest BCUT2D eigenvalue weighted by Crippen LogP contribution is 2.56. The van der Waals surface area contributed by atoms with Crippen LogP contribution in [-0.4, -0.2) is 49.4 Å². The number of esters is 4. The molecule has 0 amide bonds. The van der Waals surface area contributed by atoms with E-state index in [1.54, 1.807) is 48.5 Å². The van der Waals surface area contributed by atoms with Crippen molar-refractivity contribution in [3.05, 3.63) is 179 Å². The monoisotopic (exact) mass is 1100 g/mol. The molecule has 0 radical (unpaired) electrons. The number of hydrogen-bond acceptors (Lipinski definition) is 10. The Morgan fingerprint density at radius 2 is 0.519 bits per heavy atom. The maximum absolute atomic E-state index is 15.0. The van der Waals surface area contributed by atoms with Crippen LogP contribution in [0.4, 0.5) is 26.3 Å². The third-order valence-corrected chi connectivity index (χ3v) is 13.2. The van der Waals surface area contributed by atoms with Gasteiger partial charge in [0.1, 0.15) is 34.5 Å². The van der Waals surface area contributed by atoms with Gasteiger partial charge >= 0.3 is 36.2 Å². The van der Waals surface area contributed by atoms with E-state index in [4.69, 9.17) is 28.4 Å². The summed E-state index contributed by atoms with van der Waals surface area (Å²) in [5.74, 6) is -2.67. The van der Waals surface area contributed by atoms with E-state index >= 15 is 26.3 Å². The average molecular weight is 1100 g/mol. The molecular formula is C63H66F6O10. The van der Waals surface area contributed by atoms with Crippen LogP contribution in [0.5, 0.6) is 34.5 Å². The molecule has 0 heterocycles. The summed E-state index contributed by atoms with van der Waals surface area (Å²) in [6.07, 6.45) is 6.90. The number of halogens is 6. The Hall–Kier alpha value is -7.62. The van der Waals surface area contributed by atoms with Gasteiger partial charge in [-0.15, -0.1) is 0 Å². The highest BCUT2D eigenvalue weighted by atomic mass is 19.4. The maximum atomic E-state index is 15.0. The van der Waals surface area contributed by atoms with Crippen molar-refractivity contribution >= 4 is 23.9 Å². The van der Waals surface area contributed by atoms with Gasteiger partial charge in [-0.05, 0) is 145 Å². The zero-order valence-corrected chi connectivity index (χ0v) is 44.4. The predicted octanol–water partition coefficient (Wildman–Crippen LogP) is 17.0. The molecule has 0 N–H and O–H groups in total. The van der Waals surface area contributed by atoms with Gasteiger partial charge in [0.25, 0.3) is 0 Å². The first-order valence-electron chi connectivity index (χ1n) is 26.9. The molecule has 0 saturated heterocycles. The first-order valence-corrected chi connectivity index (χ1v) is 26.9. The number of unbranched alkanes of at least 4 members (excludes halogenated alkanes) is 14. The molecular weight excluding hydrogens is 1030 g/mol. The Kier molecular flexibility index (Phi) is 23.0. The topological polar surface area (TPSA) is 124 Å². The molecule has 0 aliphatic carbocycles. The lowest BCUT2D eigenvalue weighted by atomic mass is 9.73. The number of hydrogen-bond donors (Lipinski definition) is 0. The molecule has 0 bridgehead atoms. The summed E-state index contributed by atoms with van der Waals surface area (Å²) >= 11 is 0. The van der Waals surface area contributed by atoms with E-state index in [-0.39, 0.29) is 45.3 Å². The summed E-state index contributed by atoms with van der Waals surface area (Å²) in [5.41, 5.74) is -6.67. The molecule has 6 rings (SSSR count). The molecule has 0 saturated carbocycles. The molecule has 79 heavy (non-hydrogen) atoms. The normalized spacial score (nSPS) is 11.6. The zero-order chi connectivity index (χ0) is 56.7. The number of rotatable bonds is 30. The van der Waals surface area contributed by atoms with Gasteiger partial charge in [0.2, 0.25) is 5.41 Å². The fraction of sp³-hybridized carbons (Fsp3) is 0.365. The van der Waals surface area contributed by atoms with Crippen LogP contribution in [0.2, 0.25) is 0 Å². The van der Waals surface area contributed by atoms with Gasteiger partial charge in [-0.3, -0.25) is 0 Å². The third-order valence-electron chi connectivity index (χ3n) is 13.2. The summed E-state index contributed by atoms with van der Waals surface area (Å²) in [5, 5.41) is 0. The molecule has 16 heteroatoms. The smallest absolute Gasteiger partial charge is 0.411 e. The summed E-state index contributed by atoms with van der Waals surface area (Å²) in [7, 11) is 0. The van der Waals surface area contributed by atoms with E-state index in [2.05, 4.69) is 13.8 Å². The van der Waals surface area contributed by atoms with E-state index in [1.807, 2.05) is 0 Å². The summed E-state index contributed by atoms with van der Waals surface area (Å²) < 4.78 is 123. The van der Waals surface area contributed by atoms with Crippen LogP contribution < -0.4 is 28.4 Å². The quantitative estimate of drug-likeness (QED) is 0.0186. The second-order valence-corrected chi connectivity index (χ2v) is 19.1. The van der Waals surface area contributed by atoms with E-state index in [0.29, 0.717) is 49.0 Å². The standard InChI is InChI=1S/C63H66F6O10/c1-3-5-7-9-11-13-15-17-43-74-51-31-19-45(20-32-51)57(70)76-53-35-23-47(24-36-53)59(72)78-55-39-27-49(28-40-55)61(62(64,65)66,63(67,68)69)50-29-41-56(42-30-50)79-60(73)48-25-37-54(38-26-48)77-58(71)46-21-33-52(34-22-46)75-44-18-16-14-12-10-8-6-4-2/h19-42H,3-18,43-44H2,1-2H3. The highest BCUT2D eigenvalue weighted by molar-refractivity contribution is 5.94. The minimum absolute atomic E-state index is 0.0621. The number of carbonyl (C=O) groups is 4. The molecule has 0 atom stereocenters. The molecule has 6 aromatic carbocycles. The lowest BCUT2D eigenvalue weighted by Gasteiger charge is -2.38. The van der Waals surface area contributed by atoms with Crippen LogP contribution in [0.1, 0.15) is 169 Å². The largest absolute Gasteiger partial charge is 0.494 e. The Bertz CT molecular complexity index is 2630. The van der Waals surface area contributed by atoms with Gasteiger partial charge in [0.05, 0.1) is 35.5 Å². The highest BCUT2D eigenvalue weighted by Gasteiger charge is 2.72. The first kappa shape index (κ1) is 60.6. The second kappa shape index (κ2) is 29.9. The number of ether oxygens (including phenoxy) is 6. The average Bonchev–Trinajstić information content (AvgIpc) is 3.57. The minimum Gasteiger partial charge on any atom is -0.494 e. The molecule has 0 aliphatic heterocycles. The molecule has 0 aliphatic rings. The van der Waals surface area contributed by atoms with E-state index < -0.39 is 52.8 Å². The predicted molar refractivity (Wildman–Crippen MR) is 288 cm³/mol. The molecule has 10 nitrogen and oxygen atoms in total. The van der Waals surface area contributed by atoms with Crippen LogP contribution in [0.3, 0.4) is 0 Å². The lowest BCUT2D eigenvalue weighted by molar-refractivity contribution is -0.288. The maximum Gasteiger partial charge on any atom is 0.411 e. The Morgan fingerprint density at radius 1 is 0.304 bits per heavy atom. The first-order chi connectivity index (χ1) is 38.0. The van der Waals surface area contributed by atoms with Gasteiger partial charge in [0.15, 0.2) is 0 Å². The molecule has 0 fully saturated rings. The molecule has 420 valence electrons. The fourth-order valence-electron chi connectivity index (χ4n) is 8.74. The number of carbonyl (C=O) groups excluding carboxylic acids is 4. The van der Waals surface area contributed by atoms with Crippen molar-refractivity contribution in [2.45, 2.75) is 134 Å². The molecule has 0 unspecified atom stereocenters. The van der Waals surface area contributed by atoms with E-state index in [1.165, 1.54) is 126 Å². The van der Waals surface area contributed by atoms with Crippen LogP contribution in [0, 0.1) is 0 Å². The Labute approximate surface area is 457 Å². The molecule has 6 aromatic rings. The second-order valence-electron chi connectivity index (χ2n) is 19.1. The summed E-state index contributed by atoms with van der Waals surface area (Å²) in [4.78, 5) is 51.6. The van der Waals surface area contributed by atoms with Gasteiger partial charge in [-0.2, -0.15) is 26.3 Å². The van der Waals surface area contributed by atoms with E-state index in [0.717, 1.165) is 49.9 Å². The zero-order valence-electron chi connectivity index (χ0n) is 44.4. The number of benzene rings is 6. The number of alkyl halides is 6. The van der Waals surface area contributed by atoms with Gasteiger partial charge in [-0.25, -0.2) is 19.2 Å². The van der Waals surface area contributed by atoms with Crippen molar-refractivity contribution in [3.8, 4) is 34.5 Å². The lowest BCUT2D eigenvalue weighted by Crippen LogP contribution is -2.54. The van der Waals surface area contributed by atoms with Gasteiger partial charge < -0.3 is 28.4 Å². The Balaban J connectivity index is 0.993. The summed E-state index contributed by atoms with van der Waals surface area (Å²) in [6, 6.07) is 28.7. The third kappa shape index (κ3) is 17.7. The SMILES string of the molecule is CCCCCCCCCCOc1ccc(C(=O)Oc2ccc(C(=O)Oc3ccc(C(c4ccc(OC(=O)c5ccc(OC(=O)c6ccc(OCCCCCCCCCC)cc6)cc5)cc4)(C(F)(F)F)C(F)(F)F)cc3)cc2)cc1. The van der Waals surface area contributed by atoms with Crippen LogP contribution >= 0.6 is 0 Å². The fourth-order valence-corrected chi connectivity index (χ4v) is 8.74. The minimum atomic E-state index is -5.95. The van der Waals surface area contributed by atoms with Crippen LogP contribution in [0.25, 0.3) is 0 Å². The van der Waals surface area contributed by atoms with Crippen molar-refractivity contribution in [1.82, 2.24) is 0 Å². The van der Waals surface area contributed by atoms with Gasteiger partial charge in [-0.1, -0.05) is 128 Å². The van der Waals surface area contributed by atoms with Crippen LogP contribution in [-0.2, 0) is 5.41 Å². The van der Waals surface area contributed by atoms with Crippen molar-refractivity contribution in [2.75, 3.05) is 13.2 Å². The van der Waals surface area contributed by atoms with Crippen molar-refractivity contribution in [1.29, 1.82) is 0 Å². The Morgan fingerprint density at radius 3 is 0.759 bits per heavy atom. The molecule has 0 spiro atoms. The van der Waals surface area contributed by atoms with Crippen LogP contribution in [0.15, 0.2) is 146 Å². The van der Waals surface area contributed by atoms with E-state index in [9.17, 15) is 19.2 Å². The van der Waals surface area contributed by atoms with Gasteiger partial charge in [0, 0.05) is 0 Å².